The fraction of sp³-hybridized carbons (Fsp3) is 0.0333. The highest BCUT2D eigenvalue weighted by Gasteiger charge is 2.17. The van der Waals surface area contributed by atoms with E-state index in [4.69, 9.17) is 10.5 Å². The van der Waals surface area contributed by atoms with Gasteiger partial charge >= 0.3 is 0 Å². The van der Waals surface area contributed by atoms with Gasteiger partial charge in [-0.2, -0.15) is 14.9 Å². The largest absolute Gasteiger partial charge is 0.454 e. The van der Waals surface area contributed by atoms with E-state index in [0.717, 1.165) is 15.6 Å². The third-order valence-corrected chi connectivity index (χ3v) is 6.44. The third kappa shape index (κ3) is 5.15. The van der Waals surface area contributed by atoms with Gasteiger partial charge in [-0.25, -0.2) is 13.8 Å². The summed E-state index contributed by atoms with van der Waals surface area (Å²) in [6, 6.07) is 17.6. The first kappa shape index (κ1) is 25.6. The first-order chi connectivity index (χ1) is 19.9. The van der Waals surface area contributed by atoms with E-state index in [1.165, 1.54) is 48.7 Å². The van der Waals surface area contributed by atoms with E-state index in [2.05, 4.69) is 20.3 Å². The number of nitrogens with zero attached hydrogens (tertiary/aromatic N) is 4. The Morgan fingerprint density at radius 3 is 2.54 bits per heavy atom. The Morgan fingerprint density at radius 1 is 0.951 bits per heavy atom. The number of hydrogen-bond acceptors (Lipinski definition) is 7. The van der Waals surface area contributed by atoms with E-state index in [0.29, 0.717) is 33.9 Å². The molecule has 3 heterocycles. The molecule has 0 unspecified atom stereocenters. The molecule has 0 radical (unpaired) electrons. The Hall–Kier alpha value is -5.71. The van der Waals surface area contributed by atoms with Crippen molar-refractivity contribution in [3.8, 4) is 28.3 Å². The molecule has 0 aliphatic rings. The number of rotatable bonds is 7. The fourth-order valence-corrected chi connectivity index (χ4v) is 4.37. The molecule has 6 aromatic rings. The molecule has 3 N–H and O–H groups in total. The Morgan fingerprint density at radius 2 is 1.78 bits per heavy atom. The van der Waals surface area contributed by atoms with Crippen LogP contribution >= 0.6 is 0 Å². The predicted octanol–water partition coefficient (Wildman–Crippen LogP) is 5.25. The Labute approximate surface area is 230 Å². The molecular formula is C30H20F2N6O3. The molecule has 9 nitrogen and oxygen atoms in total. The number of carbonyl (C=O) groups excluding carboxylic acids is 1. The summed E-state index contributed by atoms with van der Waals surface area (Å²) in [4.78, 5) is 30.1. The van der Waals surface area contributed by atoms with Crippen LogP contribution in [0.4, 0.5) is 14.6 Å². The highest BCUT2D eigenvalue weighted by atomic mass is 19.1. The van der Waals surface area contributed by atoms with Crippen molar-refractivity contribution in [1.29, 1.82) is 0 Å². The monoisotopic (exact) mass is 550 g/mol. The minimum absolute atomic E-state index is 0.0590. The van der Waals surface area contributed by atoms with Gasteiger partial charge in [0.25, 0.3) is 5.56 Å². The quantitative estimate of drug-likeness (QED) is 0.260. The van der Waals surface area contributed by atoms with Crippen molar-refractivity contribution in [2.45, 2.75) is 6.42 Å². The number of halogens is 2. The number of H-pyrrole nitrogens is 1. The van der Waals surface area contributed by atoms with E-state index in [1.54, 1.807) is 36.7 Å². The highest BCUT2D eigenvalue weighted by molar-refractivity contribution is 5.97. The number of benzene rings is 3. The van der Waals surface area contributed by atoms with Crippen molar-refractivity contribution < 1.29 is 18.3 Å². The first-order valence-electron chi connectivity index (χ1n) is 12.4. The molecule has 0 aliphatic heterocycles. The number of aromatic nitrogens is 5. The van der Waals surface area contributed by atoms with Crippen LogP contribution in [0.2, 0.25) is 0 Å². The van der Waals surface area contributed by atoms with Gasteiger partial charge < -0.3 is 10.5 Å². The van der Waals surface area contributed by atoms with E-state index in [9.17, 15) is 14.0 Å². The predicted molar refractivity (Wildman–Crippen MR) is 148 cm³/mol. The van der Waals surface area contributed by atoms with Crippen molar-refractivity contribution in [2.75, 3.05) is 5.73 Å². The molecule has 0 amide bonds. The number of pyridine rings is 1. The lowest BCUT2D eigenvalue weighted by atomic mass is 10.0. The lowest BCUT2D eigenvalue weighted by Crippen LogP contribution is -2.27. The average Bonchev–Trinajstić information content (AvgIpc) is 3.43. The molecule has 0 saturated carbocycles. The Balaban J connectivity index is 1.26. The first-order valence-corrected chi connectivity index (χ1v) is 12.4. The SMILES string of the molecule is Nc1ccc(-c2cc3[nH]ncc3cc2Oc2ccc(CC(=O)c3ccnn(-c4ccc(F)cc4)c3=O)cc2F)cn1. The van der Waals surface area contributed by atoms with E-state index in [1.807, 2.05) is 6.07 Å². The summed E-state index contributed by atoms with van der Waals surface area (Å²) in [7, 11) is 0. The number of nitrogens with one attached hydrogen (secondary N) is 1. The maximum atomic E-state index is 15.2. The average molecular weight is 551 g/mol. The number of nitrogens with two attached hydrogens (primary N) is 1. The number of carbonyl (C=O) groups is 1. The molecular weight excluding hydrogens is 530 g/mol. The number of ketones is 1. The standard InChI is InChI=1S/C30H20F2N6O3/c31-20-3-5-21(6-4-20)38-30(40)22(9-10-36-38)26(39)12-17-1-7-27(24(32)11-17)41-28-13-19-16-35-37-25(19)14-23(28)18-2-8-29(33)34-15-18/h1-11,13-16H,12H2,(H2,33,34)(H,35,37). The molecule has 0 atom stereocenters. The molecule has 0 bridgehead atoms. The second kappa shape index (κ2) is 10.5. The number of fused-ring (bicyclic) bond motifs is 1. The number of ether oxygens (including phenoxy) is 1. The maximum absolute atomic E-state index is 15.2. The van der Waals surface area contributed by atoms with Crippen LogP contribution in [-0.2, 0) is 6.42 Å². The number of hydrogen-bond donors (Lipinski definition) is 2. The zero-order valence-corrected chi connectivity index (χ0v) is 21.2. The van der Waals surface area contributed by atoms with Gasteiger partial charge in [-0.1, -0.05) is 6.07 Å². The van der Waals surface area contributed by atoms with Crippen LogP contribution in [-0.4, -0.2) is 30.7 Å². The molecule has 41 heavy (non-hydrogen) atoms. The molecule has 0 fully saturated rings. The van der Waals surface area contributed by atoms with E-state index < -0.39 is 23.0 Å². The molecule has 202 valence electrons. The number of Topliss-reactive ketones (excluding diaryl/α,β-unsaturated/α-hetero) is 1. The summed E-state index contributed by atoms with van der Waals surface area (Å²) in [5.41, 5.74) is 7.70. The number of anilines is 1. The van der Waals surface area contributed by atoms with Crippen molar-refractivity contribution in [3.63, 3.8) is 0 Å². The molecule has 3 aromatic carbocycles. The van der Waals surface area contributed by atoms with Gasteiger partial charge in [0.15, 0.2) is 17.3 Å². The van der Waals surface area contributed by atoms with Crippen LogP contribution in [0.1, 0.15) is 15.9 Å². The van der Waals surface area contributed by atoms with Crippen molar-refractivity contribution in [3.05, 3.63) is 125 Å². The highest BCUT2D eigenvalue weighted by Crippen LogP contribution is 2.37. The van der Waals surface area contributed by atoms with Crippen LogP contribution in [0.3, 0.4) is 0 Å². The minimum atomic E-state index is -0.692. The van der Waals surface area contributed by atoms with Gasteiger partial charge in [0.2, 0.25) is 0 Å². The molecule has 0 aliphatic carbocycles. The van der Waals surface area contributed by atoms with E-state index >= 15 is 4.39 Å². The molecule has 0 saturated heterocycles. The van der Waals surface area contributed by atoms with Crippen molar-refractivity contribution >= 4 is 22.5 Å². The molecule has 6 rings (SSSR count). The second-order valence-electron chi connectivity index (χ2n) is 9.18. The zero-order valence-electron chi connectivity index (χ0n) is 21.2. The summed E-state index contributed by atoms with van der Waals surface area (Å²) in [6.07, 6.45) is 4.29. The lowest BCUT2D eigenvalue weighted by molar-refractivity contribution is 0.0991. The van der Waals surface area contributed by atoms with Crippen LogP contribution in [0.15, 0.2) is 96.2 Å². The van der Waals surface area contributed by atoms with Gasteiger partial charge in [0.05, 0.1) is 23.0 Å². The third-order valence-electron chi connectivity index (χ3n) is 6.44. The van der Waals surface area contributed by atoms with E-state index in [-0.39, 0.29) is 17.7 Å². The number of aromatic amines is 1. The van der Waals surface area contributed by atoms with Gasteiger partial charge in [-0.05, 0) is 72.3 Å². The van der Waals surface area contributed by atoms with Gasteiger partial charge in [-0.3, -0.25) is 14.7 Å². The zero-order chi connectivity index (χ0) is 28.5. The Kier molecular flexibility index (Phi) is 6.52. The summed E-state index contributed by atoms with van der Waals surface area (Å²) in [6.45, 7) is 0. The molecule has 11 heteroatoms. The molecule has 3 aromatic heterocycles. The van der Waals surface area contributed by atoms with Crippen molar-refractivity contribution in [2.24, 2.45) is 0 Å². The van der Waals surface area contributed by atoms with Crippen LogP contribution in [0, 0.1) is 11.6 Å². The van der Waals surface area contributed by atoms with Crippen LogP contribution in [0.25, 0.3) is 27.7 Å². The summed E-state index contributed by atoms with van der Waals surface area (Å²) in [5, 5.41) is 11.7. The van der Waals surface area contributed by atoms with Crippen molar-refractivity contribution in [1.82, 2.24) is 25.0 Å². The summed E-state index contributed by atoms with van der Waals surface area (Å²) in [5.74, 6) is -1.02. The smallest absolute Gasteiger partial charge is 0.282 e. The van der Waals surface area contributed by atoms with Gasteiger partial charge in [0.1, 0.15) is 17.4 Å². The summed E-state index contributed by atoms with van der Waals surface area (Å²) >= 11 is 0. The minimum Gasteiger partial charge on any atom is -0.454 e. The van der Waals surface area contributed by atoms with Gasteiger partial charge in [0, 0.05) is 35.3 Å². The van der Waals surface area contributed by atoms with Crippen LogP contribution < -0.4 is 16.0 Å². The topological polar surface area (TPSA) is 129 Å². The van der Waals surface area contributed by atoms with Gasteiger partial charge in [-0.15, -0.1) is 0 Å². The normalized spacial score (nSPS) is 11.1. The fourth-order valence-electron chi connectivity index (χ4n) is 4.37. The number of nitrogen functional groups attached to an aromatic ring is 1. The second-order valence-corrected chi connectivity index (χ2v) is 9.18. The van der Waals surface area contributed by atoms with Crippen LogP contribution in [0.5, 0.6) is 11.5 Å². The lowest BCUT2D eigenvalue weighted by Gasteiger charge is -2.13. The Bertz CT molecular complexity index is 1970. The molecule has 0 spiro atoms. The maximum Gasteiger partial charge on any atom is 0.282 e. The summed E-state index contributed by atoms with van der Waals surface area (Å²) < 4.78 is 35.5.